The number of benzene rings is 1. The van der Waals surface area contributed by atoms with Crippen LogP contribution in [0.3, 0.4) is 0 Å². The normalized spacial score (nSPS) is 20.9. The molecule has 32 heavy (non-hydrogen) atoms. The zero-order valence-corrected chi connectivity index (χ0v) is 18.6. The fraction of sp³-hybridized carbons (Fsp3) is 0.480. The predicted octanol–water partition coefficient (Wildman–Crippen LogP) is 3.27. The Kier molecular flexibility index (Phi) is 5.83. The number of hydrogen-bond acceptors (Lipinski definition) is 5. The molecule has 0 radical (unpaired) electrons. The van der Waals surface area contributed by atoms with Crippen LogP contribution in [0.1, 0.15) is 36.9 Å². The highest BCUT2D eigenvalue weighted by Gasteiger charge is 2.45. The summed E-state index contributed by atoms with van der Waals surface area (Å²) in [6, 6.07) is 12.1. The van der Waals surface area contributed by atoms with Crippen molar-refractivity contribution in [1.82, 2.24) is 19.5 Å². The number of rotatable bonds is 5. The SMILES string of the molecule is COc1ccc(C2(C(=O)N3CCOCC(Cc4ccc5nccn5n4)C3)CCCC2)cc1. The van der Waals surface area contributed by atoms with E-state index in [1.165, 1.54) is 0 Å². The van der Waals surface area contributed by atoms with Crippen molar-refractivity contribution in [3.05, 3.63) is 60.0 Å². The zero-order valence-electron chi connectivity index (χ0n) is 18.6. The maximum Gasteiger partial charge on any atom is 0.233 e. The lowest BCUT2D eigenvalue weighted by Crippen LogP contribution is -2.47. The van der Waals surface area contributed by atoms with Crippen LogP contribution in [0.5, 0.6) is 5.75 Å². The summed E-state index contributed by atoms with van der Waals surface area (Å²) in [5, 5.41) is 4.67. The monoisotopic (exact) mass is 434 g/mol. The average molecular weight is 435 g/mol. The van der Waals surface area contributed by atoms with Gasteiger partial charge >= 0.3 is 0 Å². The van der Waals surface area contributed by atoms with Crippen LogP contribution in [-0.2, 0) is 21.4 Å². The van der Waals surface area contributed by atoms with Crippen molar-refractivity contribution in [3.8, 4) is 5.75 Å². The summed E-state index contributed by atoms with van der Waals surface area (Å²) in [4.78, 5) is 20.3. The van der Waals surface area contributed by atoms with Crippen molar-refractivity contribution < 1.29 is 14.3 Å². The van der Waals surface area contributed by atoms with Gasteiger partial charge in [-0.15, -0.1) is 0 Å². The molecule has 1 saturated heterocycles. The standard InChI is InChI=1S/C25H30N4O3/c1-31-22-7-4-20(5-8-22)25(10-2-3-11-25)24(30)28-14-15-32-18-19(17-28)16-21-6-9-23-26-12-13-29(23)27-21/h4-9,12-13,19H,2-3,10-11,14-18H2,1H3. The van der Waals surface area contributed by atoms with Crippen LogP contribution in [0.2, 0.25) is 0 Å². The summed E-state index contributed by atoms with van der Waals surface area (Å²) in [5.41, 5.74) is 2.50. The van der Waals surface area contributed by atoms with Gasteiger partial charge in [-0.2, -0.15) is 5.10 Å². The minimum atomic E-state index is -0.435. The maximum absolute atomic E-state index is 14.0. The van der Waals surface area contributed by atoms with E-state index < -0.39 is 5.41 Å². The van der Waals surface area contributed by atoms with Gasteiger partial charge in [0.1, 0.15) is 5.75 Å². The van der Waals surface area contributed by atoms with Crippen LogP contribution >= 0.6 is 0 Å². The third kappa shape index (κ3) is 3.97. The molecule has 1 aromatic carbocycles. The van der Waals surface area contributed by atoms with E-state index in [0.717, 1.165) is 54.8 Å². The maximum atomic E-state index is 14.0. The highest BCUT2D eigenvalue weighted by Crippen LogP contribution is 2.43. The molecular formula is C25H30N4O3. The molecule has 2 aliphatic rings. The number of aromatic nitrogens is 3. The predicted molar refractivity (Wildman–Crippen MR) is 121 cm³/mol. The van der Waals surface area contributed by atoms with Crippen molar-refractivity contribution in [3.63, 3.8) is 0 Å². The van der Waals surface area contributed by atoms with Crippen molar-refractivity contribution in [2.75, 3.05) is 33.4 Å². The van der Waals surface area contributed by atoms with E-state index in [2.05, 4.69) is 22.2 Å². The van der Waals surface area contributed by atoms with Crippen LogP contribution in [0, 0.1) is 5.92 Å². The molecule has 168 valence electrons. The van der Waals surface area contributed by atoms with Crippen LogP contribution in [0.4, 0.5) is 0 Å². The smallest absolute Gasteiger partial charge is 0.233 e. The van der Waals surface area contributed by atoms with Crippen LogP contribution < -0.4 is 4.74 Å². The van der Waals surface area contributed by atoms with Crippen molar-refractivity contribution in [1.29, 1.82) is 0 Å². The molecule has 7 nitrogen and oxygen atoms in total. The molecule has 7 heteroatoms. The van der Waals surface area contributed by atoms with Gasteiger partial charge in [0.15, 0.2) is 5.65 Å². The fourth-order valence-corrected chi connectivity index (χ4v) is 5.27. The minimum Gasteiger partial charge on any atom is -0.497 e. The number of ether oxygens (including phenoxy) is 2. The van der Waals surface area contributed by atoms with E-state index in [-0.39, 0.29) is 11.8 Å². The van der Waals surface area contributed by atoms with Crippen molar-refractivity contribution in [2.24, 2.45) is 5.92 Å². The van der Waals surface area contributed by atoms with Gasteiger partial charge in [-0.25, -0.2) is 9.50 Å². The fourth-order valence-electron chi connectivity index (χ4n) is 5.27. The molecule has 1 amide bonds. The van der Waals surface area contributed by atoms with E-state index in [9.17, 15) is 4.79 Å². The second-order valence-corrected chi connectivity index (χ2v) is 8.97. The topological polar surface area (TPSA) is 69.0 Å². The highest BCUT2D eigenvalue weighted by atomic mass is 16.5. The first-order chi connectivity index (χ1) is 15.7. The van der Waals surface area contributed by atoms with Gasteiger partial charge in [0.2, 0.25) is 5.91 Å². The van der Waals surface area contributed by atoms with Crippen molar-refractivity contribution in [2.45, 2.75) is 37.5 Å². The number of fused-ring (bicyclic) bond motifs is 1. The molecule has 1 saturated carbocycles. The van der Waals surface area contributed by atoms with Crippen LogP contribution in [0.15, 0.2) is 48.8 Å². The quantitative estimate of drug-likeness (QED) is 0.617. The molecule has 0 spiro atoms. The van der Waals surface area contributed by atoms with Gasteiger partial charge in [0.05, 0.1) is 31.4 Å². The van der Waals surface area contributed by atoms with Gasteiger partial charge in [0.25, 0.3) is 0 Å². The molecule has 1 unspecified atom stereocenters. The number of carbonyl (C=O) groups is 1. The second-order valence-electron chi connectivity index (χ2n) is 8.97. The van der Waals surface area contributed by atoms with E-state index in [1.54, 1.807) is 17.8 Å². The first-order valence-corrected chi connectivity index (χ1v) is 11.5. The molecule has 2 fully saturated rings. The van der Waals surface area contributed by atoms with Gasteiger partial charge < -0.3 is 14.4 Å². The Morgan fingerprint density at radius 2 is 2.00 bits per heavy atom. The summed E-state index contributed by atoms with van der Waals surface area (Å²) in [5.74, 6) is 1.28. The van der Waals surface area contributed by atoms with Gasteiger partial charge in [-0.3, -0.25) is 4.79 Å². The molecule has 3 aromatic rings. The zero-order chi connectivity index (χ0) is 22.0. The minimum absolute atomic E-state index is 0.212. The number of hydrogen-bond donors (Lipinski definition) is 0. The summed E-state index contributed by atoms with van der Waals surface area (Å²) in [6.07, 6.45) is 8.35. The number of amides is 1. The van der Waals surface area contributed by atoms with E-state index in [4.69, 9.17) is 9.47 Å². The molecule has 1 aliphatic carbocycles. The third-order valence-electron chi connectivity index (χ3n) is 6.94. The van der Waals surface area contributed by atoms with Gasteiger partial charge in [-0.1, -0.05) is 25.0 Å². The van der Waals surface area contributed by atoms with E-state index in [1.807, 2.05) is 35.4 Å². The second kappa shape index (κ2) is 8.90. The molecule has 2 aromatic heterocycles. The number of imidazole rings is 1. The molecule has 0 N–H and O–H groups in total. The first-order valence-electron chi connectivity index (χ1n) is 11.5. The lowest BCUT2D eigenvalue weighted by Gasteiger charge is -2.35. The largest absolute Gasteiger partial charge is 0.497 e. The third-order valence-corrected chi connectivity index (χ3v) is 6.94. The van der Waals surface area contributed by atoms with Gasteiger partial charge in [-0.05, 0) is 49.1 Å². The number of nitrogens with zero attached hydrogens (tertiary/aromatic N) is 4. The van der Waals surface area contributed by atoms with Gasteiger partial charge in [0, 0.05) is 31.4 Å². The molecule has 0 bridgehead atoms. The summed E-state index contributed by atoms with van der Waals surface area (Å²) in [7, 11) is 1.67. The van der Waals surface area contributed by atoms with Crippen molar-refractivity contribution >= 4 is 11.6 Å². The molecule has 3 heterocycles. The summed E-state index contributed by atoms with van der Waals surface area (Å²) >= 11 is 0. The lowest BCUT2D eigenvalue weighted by atomic mass is 9.77. The Morgan fingerprint density at radius 1 is 1.19 bits per heavy atom. The Morgan fingerprint density at radius 3 is 2.78 bits per heavy atom. The average Bonchev–Trinajstić information content (AvgIpc) is 3.45. The molecule has 1 aliphatic heterocycles. The highest BCUT2D eigenvalue weighted by molar-refractivity contribution is 5.88. The number of carbonyl (C=O) groups excluding carboxylic acids is 1. The number of methoxy groups -OCH3 is 1. The van der Waals surface area contributed by atoms with Crippen LogP contribution in [0.25, 0.3) is 5.65 Å². The van der Waals surface area contributed by atoms with E-state index in [0.29, 0.717) is 26.3 Å². The Balaban J connectivity index is 1.36. The Labute approximate surface area is 188 Å². The first kappa shape index (κ1) is 20.9. The molecule has 5 rings (SSSR count). The Hall–Kier alpha value is -2.93. The van der Waals surface area contributed by atoms with E-state index >= 15 is 0 Å². The Bertz CT molecular complexity index is 1070. The molecular weight excluding hydrogens is 404 g/mol. The van der Waals surface area contributed by atoms with Crippen LogP contribution in [-0.4, -0.2) is 58.8 Å². The summed E-state index contributed by atoms with van der Waals surface area (Å²) < 4.78 is 13.0. The lowest BCUT2D eigenvalue weighted by molar-refractivity contribution is -0.137. The molecule has 1 atom stereocenters. The summed E-state index contributed by atoms with van der Waals surface area (Å²) in [6.45, 7) is 2.56.